The van der Waals surface area contributed by atoms with Gasteiger partial charge >= 0.3 is 0 Å². The van der Waals surface area contributed by atoms with Gasteiger partial charge in [-0.2, -0.15) is 0 Å². The van der Waals surface area contributed by atoms with E-state index in [2.05, 4.69) is 35.2 Å². The molecule has 2 N–H and O–H groups in total. The Labute approximate surface area is 127 Å². The Balaban J connectivity index is 1.60. The van der Waals surface area contributed by atoms with E-state index < -0.39 is 0 Å². The molecule has 21 heavy (non-hydrogen) atoms. The zero-order valence-electron chi connectivity index (χ0n) is 12.9. The highest BCUT2D eigenvalue weighted by atomic mass is 16.1. The van der Waals surface area contributed by atoms with Gasteiger partial charge in [0.1, 0.15) is 0 Å². The van der Waals surface area contributed by atoms with E-state index in [9.17, 15) is 4.79 Å². The van der Waals surface area contributed by atoms with Gasteiger partial charge in [0.05, 0.1) is 0 Å². The number of piperidine rings is 1. The molecule has 1 aromatic rings. The van der Waals surface area contributed by atoms with Crippen molar-refractivity contribution in [3.8, 4) is 0 Å². The molecule has 2 saturated heterocycles. The van der Waals surface area contributed by atoms with Gasteiger partial charge in [-0.3, -0.25) is 9.69 Å². The number of primary amides is 1. The molecule has 3 heteroatoms. The SMILES string of the molecule is CC(CC1CC2CCC(C1)N2Cc1ccccc1)C(N)=O. The van der Waals surface area contributed by atoms with Crippen molar-refractivity contribution in [3.05, 3.63) is 35.9 Å². The number of hydrogen-bond acceptors (Lipinski definition) is 2. The van der Waals surface area contributed by atoms with E-state index in [1.165, 1.54) is 31.2 Å². The second-order valence-electron chi connectivity index (χ2n) is 6.92. The van der Waals surface area contributed by atoms with Crippen molar-refractivity contribution < 1.29 is 4.79 Å². The molecule has 2 aliphatic rings. The van der Waals surface area contributed by atoms with Crippen molar-refractivity contribution in [1.82, 2.24) is 4.90 Å². The first-order valence-corrected chi connectivity index (χ1v) is 8.22. The maximum Gasteiger partial charge on any atom is 0.220 e. The van der Waals surface area contributed by atoms with E-state index in [0.29, 0.717) is 18.0 Å². The smallest absolute Gasteiger partial charge is 0.220 e. The van der Waals surface area contributed by atoms with Crippen LogP contribution in [0.2, 0.25) is 0 Å². The fourth-order valence-corrected chi connectivity index (χ4v) is 4.25. The molecule has 1 aromatic carbocycles. The molecule has 3 rings (SSSR count). The molecule has 0 aliphatic carbocycles. The molecule has 0 saturated carbocycles. The summed E-state index contributed by atoms with van der Waals surface area (Å²) in [5, 5.41) is 0. The standard InChI is InChI=1S/C18H26N2O/c1-13(18(19)21)9-15-10-16-7-8-17(11-15)20(16)12-14-5-3-2-4-6-14/h2-6,13,15-17H,7-12H2,1H3,(H2,19,21). The second-order valence-corrected chi connectivity index (χ2v) is 6.92. The Morgan fingerprint density at radius 1 is 1.24 bits per heavy atom. The number of nitrogens with two attached hydrogens (primary N) is 1. The Kier molecular flexibility index (Phi) is 4.29. The van der Waals surface area contributed by atoms with Gasteiger partial charge in [-0.25, -0.2) is 0 Å². The van der Waals surface area contributed by atoms with Crippen LogP contribution in [-0.2, 0) is 11.3 Å². The monoisotopic (exact) mass is 286 g/mol. The molecule has 2 bridgehead atoms. The number of amides is 1. The lowest BCUT2D eigenvalue weighted by Gasteiger charge is -2.39. The Hall–Kier alpha value is -1.35. The van der Waals surface area contributed by atoms with Gasteiger partial charge < -0.3 is 5.73 Å². The lowest BCUT2D eigenvalue weighted by molar-refractivity contribution is -0.122. The fraction of sp³-hybridized carbons (Fsp3) is 0.611. The number of carbonyl (C=O) groups is 1. The summed E-state index contributed by atoms with van der Waals surface area (Å²) in [5.74, 6) is 0.557. The molecule has 0 spiro atoms. The van der Waals surface area contributed by atoms with Crippen LogP contribution in [-0.4, -0.2) is 22.9 Å². The molecule has 0 radical (unpaired) electrons. The van der Waals surface area contributed by atoms with Crippen LogP contribution in [0.25, 0.3) is 0 Å². The quantitative estimate of drug-likeness (QED) is 0.904. The minimum Gasteiger partial charge on any atom is -0.369 e. The first-order chi connectivity index (χ1) is 10.1. The predicted octanol–water partition coefficient (Wildman–Crippen LogP) is 2.94. The minimum atomic E-state index is -0.144. The van der Waals surface area contributed by atoms with E-state index in [4.69, 9.17) is 5.73 Å². The molecule has 3 atom stereocenters. The van der Waals surface area contributed by atoms with Gasteiger partial charge in [-0.15, -0.1) is 0 Å². The van der Waals surface area contributed by atoms with Crippen molar-refractivity contribution in [3.63, 3.8) is 0 Å². The molecule has 3 unspecified atom stereocenters. The maximum absolute atomic E-state index is 11.3. The van der Waals surface area contributed by atoms with Crippen LogP contribution in [0.5, 0.6) is 0 Å². The largest absolute Gasteiger partial charge is 0.369 e. The van der Waals surface area contributed by atoms with Gasteiger partial charge in [-0.05, 0) is 43.6 Å². The lowest BCUT2D eigenvalue weighted by atomic mass is 9.83. The van der Waals surface area contributed by atoms with Crippen LogP contribution in [0.4, 0.5) is 0 Å². The molecule has 114 valence electrons. The van der Waals surface area contributed by atoms with Crippen molar-refractivity contribution in [1.29, 1.82) is 0 Å². The molecule has 0 aromatic heterocycles. The Bertz CT molecular complexity index is 473. The average Bonchev–Trinajstić information content (AvgIpc) is 2.71. The van der Waals surface area contributed by atoms with E-state index in [-0.39, 0.29) is 11.8 Å². The fourth-order valence-electron chi connectivity index (χ4n) is 4.25. The normalized spacial score (nSPS) is 30.2. The van der Waals surface area contributed by atoms with E-state index >= 15 is 0 Å². The van der Waals surface area contributed by atoms with Crippen LogP contribution < -0.4 is 5.73 Å². The number of rotatable bonds is 5. The molecule has 1 amide bonds. The molecular formula is C18H26N2O. The molecule has 2 aliphatic heterocycles. The van der Waals surface area contributed by atoms with E-state index in [1.807, 2.05) is 6.92 Å². The van der Waals surface area contributed by atoms with Gasteiger partial charge in [0.2, 0.25) is 5.91 Å². The highest BCUT2D eigenvalue weighted by Gasteiger charge is 2.40. The lowest BCUT2D eigenvalue weighted by Crippen LogP contribution is -2.43. The van der Waals surface area contributed by atoms with Gasteiger partial charge in [0.25, 0.3) is 0 Å². The third kappa shape index (κ3) is 3.29. The summed E-state index contributed by atoms with van der Waals surface area (Å²) in [5.41, 5.74) is 6.83. The van der Waals surface area contributed by atoms with Crippen LogP contribution >= 0.6 is 0 Å². The first kappa shape index (κ1) is 14.6. The zero-order valence-corrected chi connectivity index (χ0v) is 12.9. The van der Waals surface area contributed by atoms with Crippen LogP contribution in [0, 0.1) is 11.8 Å². The third-order valence-corrected chi connectivity index (χ3v) is 5.36. The Morgan fingerprint density at radius 3 is 2.43 bits per heavy atom. The van der Waals surface area contributed by atoms with Gasteiger partial charge in [0, 0.05) is 24.5 Å². The van der Waals surface area contributed by atoms with Crippen molar-refractivity contribution in [2.75, 3.05) is 0 Å². The predicted molar refractivity (Wildman–Crippen MR) is 84.5 cm³/mol. The summed E-state index contributed by atoms with van der Waals surface area (Å²) in [6.07, 6.45) is 6.08. The number of nitrogens with zero attached hydrogens (tertiary/aromatic N) is 1. The molecule has 3 nitrogen and oxygen atoms in total. The Morgan fingerprint density at radius 2 is 1.86 bits per heavy atom. The number of carbonyl (C=O) groups excluding carboxylic acids is 1. The van der Waals surface area contributed by atoms with Crippen molar-refractivity contribution in [2.45, 2.75) is 57.7 Å². The molecule has 2 fully saturated rings. The van der Waals surface area contributed by atoms with Crippen LogP contribution in [0.15, 0.2) is 30.3 Å². The summed E-state index contributed by atoms with van der Waals surface area (Å²) >= 11 is 0. The first-order valence-electron chi connectivity index (χ1n) is 8.22. The topological polar surface area (TPSA) is 46.3 Å². The minimum absolute atomic E-state index is 0.0232. The maximum atomic E-state index is 11.3. The van der Waals surface area contributed by atoms with Crippen LogP contribution in [0.1, 0.15) is 44.6 Å². The van der Waals surface area contributed by atoms with Crippen molar-refractivity contribution >= 4 is 5.91 Å². The third-order valence-electron chi connectivity index (χ3n) is 5.36. The molecule has 2 heterocycles. The van der Waals surface area contributed by atoms with E-state index in [1.54, 1.807) is 0 Å². The summed E-state index contributed by atoms with van der Waals surface area (Å²) in [6.45, 7) is 3.05. The molecular weight excluding hydrogens is 260 g/mol. The summed E-state index contributed by atoms with van der Waals surface area (Å²) in [4.78, 5) is 14.0. The number of fused-ring (bicyclic) bond motifs is 2. The zero-order chi connectivity index (χ0) is 14.8. The summed E-state index contributed by atoms with van der Waals surface area (Å²) < 4.78 is 0. The second kappa shape index (κ2) is 6.18. The van der Waals surface area contributed by atoms with E-state index in [0.717, 1.165) is 13.0 Å². The highest BCUT2D eigenvalue weighted by Crippen LogP contribution is 2.41. The van der Waals surface area contributed by atoms with Crippen molar-refractivity contribution in [2.24, 2.45) is 17.6 Å². The summed E-state index contributed by atoms with van der Waals surface area (Å²) in [6, 6.07) is 12.2. The summed E-state index contributed by atoms with van der Waals surface area (Å²) in [7, 11) is 0. The van der Waals surface area contributed by atoms with Gasteiger partial charge in [0.15, 0.2) is 0 Å². The average molecular weight is 286 g/mol. The van der Waals surface area contributed by atoms with Crippen LogP contribution in [0.3, 0.4) is 0 Å². The highest BCUT2D eigenvalue weighted by molar-refractivity contribution is 5.76. The number of hydrogen-bond donors (Lipinski definition) is 1. The van der Waals surface area contributed by atoms with Gasteiger partial charge in [-0.1, -0.05) is 37.3 Å². The number of benzene rings is 1.